The van der Waals surface area contributed by atoms with E-state index in [4.69, 9.17) is 9.47 Å². The highest BCUT2D eigenvalue weighted by atomic mass is 16.7. The van der Waals surface area contributed by atoms with Gasteiger partial charge < -0.3 is 18.9 Å². The minimum Gasteiger partial charge on any atom is -0.422 e. The Hall–Kier alpha value is -4.34. The summed E-state index contributed by atoms with van der Waals surface area (Å²) in [5.41, 5.74) is -0.0603. The van der Waals surface area contributed by atoms with Gasteiger partial charge in [-0.2, -0.15) is 0 Å². The average Bonchev–Trinajstić information content (AvgIpc) is 3.31. The lowest BCUT2D eigenvalue weighted by atomic mass is 10.1. The van der Waals surface area contributed by atoms with Gasteiger partial charge in [0.1, 0.15) is 0 Å². The summed E-state index contributed by atoms with van der Waals surface area (Å²) in [7, 11) is 0. The molecular weight excluding hydrogens is 472 g/mol. The minimum absolute atomic E-state index is 0.0220. The van der Waals surface area contributed by atoms with Gasteiger partial charge in [0.25, 0.3) is 0 Å². The summed E-state index contributed by atoms with van der Waals surface area (Å²) in [5.74, 6) is -5.05. The highest BCUT2D eigenvalue weighted by Crippen LogP contribution is 2.24. The zero-order valence-corrected chi connectivity index (χ0v) is 19.4. The molecule has 0 bridgehead atoms. The number of esters is 6. The Labute approximate surface area is 205 Å². The molecule has 10 heteroatoms. The smallest absolute Gasteiger partial charge is 0.346 e. The molecule has 2 aliphatic heterocycles. The molecular formula is C26H22O10. The van der Waals surface area contributed by atoms with Crippen LogP contribution in [0.1, 0.15) is 108 Å². The van der Waals surface area contributed by atoms with E-state index in [9.17, 15) is 28.8 Å². The van der Waals surface area contributed by atoms with Crippen LogP contribution in [0.5, 0.6) is 0 Å². The normalized spacial score (nSPS) is 13.8. The van der Waals surface area contributed by atoms with E-state index in [0.717, 1.165) is 25.7 Å². The van der Waals surface area contributed by atoms with Crippen LogP contribution in [0.2, 0.25) is 0 Å². The number of unbranched alkanes of at least 4 members (excludes halogenated alkanes) is 4. The van der Waals surface area contributed by atoms with Crippen molar-refractivity contribution in [2.75, 3.05) is 0 Å². The summed E-state index contributed by atoms with van der Waals surface area (Å²) in [6.07, 6.45) is 3.46. The van der Waals surface area contributed by atoms with Crippen LogP contribution >= 0.6 is 0 Å². The molecule has 0 radical (unpaired) electrons. The average molecular weight is 494 g/mol. The first-order valence-electron chi connectivity index (χ1n) is 11.5. The molecule has 2 heterocycles. The summed E-state index contributed by atoms with van der Waals surface area (Å²) in [5, 5.41) is 0. The monoisotopic (exact) mass is 494 g/mol. The number of hydrogen-bond acceptors (Lipinski definition) is 10. The zero-order valence-electron chi connectivity index (χ0n) is 19.4. The zero-order chi connectivity index (χ0) is 25.8. The van der Waals surface area contributed by atoms with E-state index >= 15 is 0 Å². The second-order valence-electron chi connectivity index (χ2n) is 8.32. The molecule has 0 spiro atoms. The maximum atomic E-state index is 12.8. The molecule has 4 rings (SSSR count). The maximum absolute atomic E-state index is 12.8. The number of hydrogen-bond donors (Lipinski definition) is 0. The number of benzene rings is 2. The first kappa shape index (κ1) is 24.8. The predicted octanol–water partition coefficient (Wildman–Crippen LogP) is 4.01. The van der Waals surface area contributed by atoms with E-state index in [1.807, 2.05) is 0 Å². The molecule has 0 saturated heterocycles. The lowest BCUT2D eigenvalue weighted by Crippen LogP contribution is -2.25. The van der Waals surface area contributed by atoms with Crippen molar-refractivity contribution >= 4 is 35.8 Å². The molecule has 186 valence electrons. The van der Waals surface area contributed by atoms with Crippen molar-refractivity contribution in [3.63, 3.8) is 0 Å². The molecule has 0 amide bonds. The van der Waals surface area contributed by atoms with Gasteiger partial charge in [0.15, 0.2) is 0 Å². The maximum Gasteiger partial charge on any atom is 0.346 e. The number of ether oxygens (including phenoxy) is 4. The summed E-state index contributed by atoms with van der Waals surface area (Å²) in [4.78, 5) is 72.4. The minimum atomic E-state index is -1.25. The van der Waals surface area contributed by atoms with E-state index in [-0.39, 0.29) is 39.8 Å². The molecule has 0 atom stereocenters. The van der Waals surface area contributed by atoms with Gasteiger partial charge in [-0.3, -0.25) is 0 Å². The number of rotatable bonds is 10. The third-order valence-electron chi connectivity index (χ3n) is 5.78. The molecule has 36 heavy (non-hydrogen) atoms. The van der Waals surface area contributed by atoms with Crippen molar-refractivity contribution in [2.45, 2.75) is 51.7 Å². The highest BCUT2D eigenvalue weighted by molar-refractivity contribution is 6.16. The number of carbonyl (C=O) groups excluding carboxylic acids is 6. The van der Waals surface area contributed by atoms with Gasteiger partial charge in [-0.25, -0.2) is 28.8 Å². The van der Waals surface area contributed by atoms with Crippen molar-refractivity contribution in [2.24, 2.45) is 0 Å². The van der Waals surface area contributed by atoms with E-state index in [1.165, 1.54) is 36.4 Å². The van der Waals surface area contributed by atoms with Gasteiger partial charge in [0, 0.05) is 6.42 Å². The largest absolute Gasteiger partial charge is 0.422 e. The summed E-state index contributed by atoms with van der Waals surface area (Å²) in [6.45, 7) is 2.08. The van der Waals surface area contributed by atoms with Crippen LogP contribution in [-0.2, 0) is 18.9 Å². The van der Waals surface area contributed by atoms with Crippen molar-refractivity contribution in [3.05, 3.63) is 69.8 Å². The Morgan fingerprint density at radius 2 is 1.11 bits per heavy atom. The Kier molecular flexibility index (Phi) is 7.23. The Balaban J connectivity index is 1.48. The molecule has 0 aliphatic carbocycles. The van der Waals surface area contributed by atoms with Crippen LogP contribution in [0.15, 0.2) is 36.4 Å². The van der Waals surface area contributed by atoms with Crippen LogP contribution < -0.4 is 0 Å². The Bertz CT molecular complexity index is 1180. The fourth-order valence-corrected chi connectivity index (χ4v) is 3.86. The summed E-state index contributed by atoms with van der Waals surface area (Å²) < 4.78 is 19.9. The second kappa shape index (κ2) is 10.5. The number of carbonyl (C=O) groups is 6. The highest BCUT2D eigenvalue weighted by Gasteiger charge is 2.32. The number of fused-ring (bicyclic) bond motifs is 2. The third-order valence-corrected chi connectivity index (χ3v) is 5.78. The van der Waals surface area contributed by atoms with Crippen molar-refractivity contribution in [1.82, 2.24) is 0 Å². The van der Waals surface area contributed by atoms with Gasteiger partial charge in [-0.05, 0) is 42.8 Å². The van der Waals surface area contributed by atoms with Crippen LogP contribution in [0.25, 0.3) is 0 Å². The van der Waals surface area contributed by atoms with Crippen LogP contribution in [0.3, 0.4) is 0 Å². The molecule has 0 unspecified atom stereocenters. The van der Waals surface area contributed by atoms with Gasteiger partial charge in [-0.15, -0.1) is 0 Å². The topological polar surface area (TPSA) is 139 Å². The first-order chi connectivity index (χ1) is 17.3. The van der Waals surface area contributed by atoms with Crippen molar-refractivity contribution < 1.29 is 47.7 Å². The quantitative estimate of drug-likeness (QED) is 0.156. The van der Waals surface area contributed by atoms with Gasteiger partial charge in [0.05, 0.1) is 33.4 Å². The van der Waals surface area contributed by atoms with Crippen LogP contribution in [-0.4, -0.2) is 42.1 Å². The predicted molar refractivity (Wildman–Crippen MR) is 120 cm³/mol. The molecule has 2 aromatic rings. The lowest BCUT2D eigenvalue weighted by molar-refractivity contribution is -0.0838. The van der Waals surface area contributed by atoms with E-state index in [1.54, 1.807) is 0 Å². The second-order valence-corrected chi connectivity index (χ2v) is 8.32. The summed E-state index contributed by atoms with van der Waals surface area (Å²) >= 11 is 0. The van der Waals surface area contributed by atoms with Gasteiger partial charge >= 0.3 is 35.8 Å². The molecule has 2 aliphatic rings. The van der Waals surface area contributed by atoms with Crippen LogP contribution in [0.4, 0.5) is 0 Å². The summed E-state index contributed by atoms with van der Waals surface area (Å²) in [6, 6.07) is 7.57. The molecule has 0 aromatic heterocycles. The molecule has 0 saturated carbocycles. The Morgan fingerprint density at radius 3 is 1.58 bits per heavy atom. The lowest BCUT2D eigenvalue weighted by Gasteiger charge is -2.19. The third kappa shape index (κ3) is 5.17. The van der Waals surface area contributed by atoms with E-state index in [2.05, 4.69) is 16.4 Å². The fourth-order valence-electron chi connectivity index (χ4n) is 3.86. The van der Waals surface area contributed by atoms with E-state index in [0.29, 0.717) is 6.42 Å². The van der Waals surface area contributed by atoms with Gasteiger partial charge in [0.2, 0.25) is 6.29 Å². The molecule has 0 fully saturated rings. The molecule has 10 nitrogen and oxygen atoms in total. The SMILES string of the molecule is CCCCCCCC(OC(=O)c1ccc2c(c1)C(=O)OC2=O)OC(=O)c1ccc2c(c1)C(=O)OC2=O. The fraction of sp³-hybridized carbons (Fsp3) is 0.308. The standard InChI is InChI=1S/C26H22O10/c1-2-3-4-5-6-7-20(33-21(27)14-8-10-16-18(12-14)25(31)35-23(16)29)34-22(28)15-9-11-17-19(13-15)26(32)36-24(17)30/h8-13,20H,2-7H2,1H3. The van der Waals surface area contributed by atoms with Gasteiger partial charge in [-0.1, -0.05) is 32.6 Å². The Morgan fingerprint density at radius 1 is 0.667 bits per heavy atom. The first-order valence-corrected chi connectivity index (χ1v) is 11.5. The van der Waals surface area contributed by atoms with E-state index < -0.39 is 42.1 Å². The van der Waals surface area contributed by atoms with Crippen LogP contribution in [0, 0.1) is 0 Å². The molecule has 2 aromatic carbocycles. The number of cyclic esters (lactones) is 4. The molecule has 0 N–H and O–H groups in total. The van der Waals surface area contributed by atoms with Crippen molar-refractivity contribution in [3.8, 4) is 0 Å². The van der Waals surface area contributed by atoms with Crippen molar-refractivity contribution in [1.29, 1.82) is 0 Å².